The number of fused-ring (bicyclic) bond motifs is 6. The molecule has 0 saturated carbocycles. The van der Waals surface area contributed by atoms with Crippen molar-refractivity contribution in [3.05, 3.63) is 87.2 Å². The maximum Gasteiger partial charge on any atom is 0.255 e. The molecule has 4 nitrogen and oxygen atoms in total. The first-order valence-corrected chi connectivity index (χ1v) is 10.4. The van der Waals surface area contributed by atoms with Crippen LogP contribution >= 0.6 is 11.3 Å². The van der Waals surface area contributed by atoms with E-state index in [0.29, 0.717) is 0 Å². The average Bonchev–Trinajstić information content (AvgIpc) is 3.42. The third-order valence-corrected chi connectivity index (χ3v) is 7.17. The van der Waals surface area contributed by atoms with E-state index in [1.165, 1.54) is 15.8 Å². The molecule has 4 aromatic rings. The van der Waals surface area contributed by atoms with Gasteiger partial charge in [-0.25, -0.2) is 0 Å². The number of thiophene rings is 1. The second kappa shape index (κ2) is 5.56. The zero-order valence-corrected chi connectivity index (χ0v) is 16.2. The Hall–Kier alpha value is -2.89. The van der Waals surface area contributed by atoms with Crippen molar-refractivity contribution < 1.29 is 4.79 Å². The van der Waals surface area contributed by atoms with Crippen LogP contribution in [-0.4, -0.2) is 17.4 Å². The molecule has 2 aliphatic rings. The molecule has 2 aliphatic heterocycles. The van der Waals surface area contributed by atoms with Crippen LogP contribution in [-0.2, 0) is 10.3 Å². The molecule has 2 aromatic carbocycles. The predicted molar refractivity (Wildman–Crippen MR) is 113 cm³/mol. The van der Waals surface area contributed by atoms with Crippen LogP contribution < -0.4 is 10.6 Å². The highest BCUT2D eigenvalue weighted by atomic mass is 32.1. The van der Waals surface area contributed by atoms with Crippen LogP contribution in [0.2, 0.25) is 0 Å². The summed E-state index contributed by atoms with van der Waals surface area (Å²) in [5.74, 6) is 0.215. The van der Waals surface area contributed by atoms with Crippen molar-refractivity contribution in [2.45, 2.75) is 18.4 Å². The van der Waals surface area contributed by atoms with E-state index in [2.05, 4.69) is 57.4 Å². The number of aryl methyl sites for hydroxylation is 1. The molecule has 28 heavy (non-hydrogen) atoms. The molecule has 0 fully saturated rings. The average molecular weight is 385 g/mol. The standard InChI is InChI=1S/C23H19N3OS/c1-13-6-4-8-16-20(13)26-22(27)23(16)21-19(14-7-2-3-9-17(14)25-21)15(12-24-23)18-10-5-11-28-18/h2-11,15,24-25H,12H2,1H3,(H,26,27)/t15-,23-/m1/s1. The molecule has 2 aromatic heterocycles. The smallest absolute Gasteiger partial charge is 0.255 e. The van der Waals surface area contributed by atoms with Gasteiger partial charge in [-0.05, 0) is 35.6 Å². The summed E-state index contributed by atoms with van der Waals surface area (Å²) in [6.07, 6.45) is 0. The fourth-order valence-electron chi connectivity index (χ4n) is 4.90. The van der Waals surface area contributed by atoms with E-state index in [4.69, 9.17) is 0 Å². The summed E-state index contributed by atoms with van der Waals surface area (Å²) in [6, 6.07) is 18.8. The van der Waals surface area contributed by atoms with Crippen molar-refractivity contribution >= 4 is 33.8 Å². The van der Waals surface area contributed by atoms with Gasteiger partial charge in [-0.2, -0.15) is 0 Å². The summed E-state index contributed by atoms with van der Waals surface area (Å²) < 4.78 is 0. The molecule has 0 radical (unpaired) electrons. The molecule has 0 saturated heterocycles. The first kappa shape index (κ1) is 16.1. The third kappa shape index (κ3) is 1.90. The molecule has 0 aliphatic carbocycles. The van der Waals surface area contributed by atoms with Gasteiger partial charge in [0.15, 0.2) is 5.54 Å². The maximum atomic E-state index is 13.4. The third-order valence-electron chi connectivity index (χ3n) is 6.18. The lowest BCUT2D eigenvalue weighted by molar-refractivity contribution is -0.120. The lowest BCUT2D eigenvalue weighted by atomic mass is 9.77. The molecule has 1 spiro atoms. The molecular formula is C23H19N3OS. The zero-order chi connectivity index (χ0) is 18.9. The lowest BCUT2D eigenvalue weighted by Gasteiger charge is -2.37. The van der Waals surface area contributed by atoms with Crippen molar-refractivity contribution in [1.82, 2.24) is 10.3 Å². The SMILES string of the molecule is Cc1cccc2c1NC(=O)[C@@]21NC[C@H](c2cccs2)c2c1[nH]c1ccccc21. The molecule has 3 N–H and O–H groups in total. The van der Waals surface area contributed by atoms with Gasteiger partial charge in [0.1, 0.15) is 0 Å². The molecule has 6 rings (SSSR count). The highest BCUT2D eigenvalue weighted by Gasteiger charge is 2.54. The number of aromatic nitrogens is 1. The van der Waals surface area contributed by atoms with Crippen LogP contribution in [0.1, 0.15) is 33.2 Å². The number of hydrogen-bond acceptors (Lipinski definition) is 3. The van der Waals surface area contributed by atoms with Crippen LogP contribution in [0.5, 0.6) is 0 Å². The molecule has 0 unspecified atom stereocenters. The summed E-state index contributed by atoms with van der Waals surface area (Å²) >= 11 is 1.77. The Morgan fingerprint density at radius 2 is 1.96 bits per heavy atom. The van der Waals surface area contributed by atoms with Gasteiger partial charge in [-0.3, -0.25) is 10.1 Å². The van der Waals surface area contributed by atoms with Crippen LogP contribution in [0, 0.1) is 6.92 Å². The minimum atomic E-state index is -0.872. The highest BCUT2D eigenvalue weighted by molar-refractivity contribution is 7.10. The van der Waals surface area contributed by atoms with Crippen LogP contribution in [0.3, 0.4) is 0 Å². The molecule has 5 heteroatoms. The normalized spacial score (nSPS) is 23.0. The van der Waals surface area contributed by atoms with Gasteiger partial charge in [0.05, 0.1) is 5.69 Å². The van der Waals surface area contributed by atoms with Crippen LogP contribution in [0.4, 0.5) is 5.69 Å². The first-order chi connectivity index (χ1) is 13.7. The van der Waals surface area contributed by atoms with Gasteiger partial charge in [-0.1, -0.05) is 42.5 Å². The van der Waals surface area contributed by atoms with Gasteiger partial charge in [0, 0.05) is 39.5 Å². The van der Waals surface area contributed by atoms with Gasteiger partial charge < -0.3 is 10.3 Å². The van der Waals surface area contributed by atoms with E-state index in [1.807, 2.05) is 25.1 Å². The van der Waals surface area contributed by atoms with Gasteiger partial charge >= 0.3 is 0 Å². The zero-order valence-electron chi connectivity index (χ0n) is 15.4. The highest BCUT2D eigenvalue weighted by Crippen LogP contribution is 2.50. The van der Waals surface area contributed by atoms with E-state index in [1.54, 1.807) is 11.3 Å². The Morgan fingerprint density at radius 1 is 1.07 bits per heavy atom. The Bertz CT molecular complexity index is 1240. The summed E-state index contributed by atoms with van der Waals surface area (Å²) in [5, 5.41) is 10.1. The fourth-order valence-corrected chi connectivity index (χ4v) is 5.74. The van der Waals surface area contributed by atoms with Crippen molar-refractivity contribution in [2.24, 2.45) is 0 Å². The summed E-state index contributed by atoms with van der Waals surface area (Å²) in [5.41, 5.74) is 5.44. The van der Waals surface area contributed by atoms with Crippen LogP contribution in [0.15, 0.2) is 60.0 Å². The van der Waals surface area contributed by atoms with E-state index >= 15 is 0 Å². The number of nitrogens with one attached hydrogen (secondary N) is 3. The first-order valence-electron chi connectivity index (χ1n) is 9.51. The molecule has 0 bridgehead atoms. The Morgan fingerprint density at radius 3 is 2.82 bits per heavy atom. The summed E-state index contributed by atoms with van der Waals surface area (Å²) in [4.78, 5) is 18.3. The van der Waals surface area contributed by atoms with E-state index < -0.39 is 5.54 Å². The monoisotopic (exact) mass is 385 g/mol. The number of amides is 1. The minimum Gasteiger partial charge on any atom is -0.356 e. The maximum absolute atomic E-state index is 13.4. The predicted octanol–water partition coefficient (Wildman–Crippen LogP) is 4.47. The van der Waals surface area contributed by atoms with Crippen molar-refractivity contribution in [3.63, 3.8) is 0 Å². The number of aromatic amines is 1. The fraction of sp³-hybridized carbons (Fsp3) is 0.174. The largest absolute Gasteiger partial charge is 0.356 e. The van der Waals surface area contributed by atoms with Crippen molar-refractivity contribution in [3.8, 4) is 0 Å². The quantitative estimate of drug-likeness (QED) is 0.453. The topological polar surface area (TPSA) is 56.9 Å². The molecular weight excluding hydrogens is 366 g/mol. The number of H-pyrrole nitrogens is 1. The number of rotatable bonds is 1. The molecule has 1 amide bonds. The second-order valence-electron chi connectivity index (χ2n) is 7.61. The lowest BCUT2D eigenvalue weighted by Crippen LogP contribution is -2.54. The van der Waals surface area contributed by atoms with Crippen molar-refractivity contribution in [1.29, 1.82) is 0 Å². The Labute approximate surface area is 166 Å². The number of carbonyl (C=O) groups excluding carboxylic acids is 1. The van der Waals surface area contributed by atoms with Crippen molar-refractivity contribution in [2.75, 3.05) is 11.9 Å². The number of anilines is 1. The second-order valence-corrected chi connectivity index (χ2v) is 8.59. The van der Waals surface area contributed by atoms with Gasteiger partial charge in [0.2, 0.25) is 0 Å². The summed E-state index contributed by atoms with van der Waals surface area (Å²) in [7, 11) is 0. The minimum absolute atomic E-state index is 0.00534. The Balaban J connectivity index is 1.69. The van der Waals surface area contributed by atoms with E-state index in [-0.39, 0.29) is 11.8 Å². The van der Waals surface area contributed by atoms with E-state index in [0.717, 1.165) is 34.6 Å². The molecule has 4 heterocycles. The van der Waals surface area contributed by atoms with Crippen LogP contribution in [0.25, 0.3) is 10.9 Å². The van der Waals surface area contributed by atoms with Gasteiger partial charge in [-0.15, -0.1) is 11.3 Å². The van der Waals surface area contributed by atoms with E-state index in [9.17, 15) is 4.79 Å². The van der Waals surface area contributed by atoms with Gasteiger partial charge in [0.25, 0.3) is 5.91 Å². The number of para-hydroxylation sites is 2. The number of hydrogen-bond donors (Lipinski definition) is 3. The molecule has 138 valence electrons. The summed E-state index contributed by atoms with van der Waals surface area (Å²) in [6.45, 7) is 2.76. The Kier molecular flexibility index (Phi) is 3.20. The molecule has 2 atom stereocenters. The number of benzene rings is 2. The number of carbonyl (C=O) groups is 1.